The van der Waals surface area contributed by atoms with Crippen LogP contribution in [0.5, 0.6) is 0 Å². The fourth-order valence-electron chi connectivity index (χ4n) is 1.70. The highest BCUT2D eigenvalue weighted by molar-refractivity contribution is 5.21. The molecule has 1 N–H and O–H groups in total. The number of benzene rings is 1. The molecule has 0 fully saturated rings. The van der Waals surface area contributed by atoms with Crippen LogP contribution < -0.4 is 5.32 Å². The van der Waals surface area contributed by atoms with E-state index in [1.807, 2.05) is 19.0 Å². The third kappa shape index (κ3) is 4.40. The topological polar surface area (TPSA) is 15.3 Å². The summed E-state index contributed by atoms with van der Waals surface area (Å²) in [6, 6.07) is 4.11. The maximum absolute atomic E-state index is 13.2. The van der Waals surface area contributed by atoms with E-state index in [0.29, 0.717) is 0 Å². The van der Waals surface area contributed by atoms with Gasteiger partial charge in [0.25, 0.3) is 0 Å². The number of hydrogen-bond acceptors (Lipinski definition) is 2. The molecule has 0 saturated heterocycles. The number of nitrogens with one attached hydrogen (secondary N) is 1. The van der Waals surface area contributed by atoms with E-state index in [9.17, 15) is 8.78 Å². The molecule has 17 heavy (non-hydrogen) atoms. The van der Waals surface area contributed by atoms with Crippen molar-refractivity contribution in [2.24, 2.45) is 0 Å². The van der Waals surface area contributed by atoms with Gasteiger partial charge in [-0.2, -0.15) is 0 Å². The first kappa shape index (κ1) is 14.1. The Balaban J connectivity index is 2.83. The van der Waals surface area contributed by atoms with Crippen LogP contribution in [0.4, 0.5) is 8.78 Å². The van der Waals surface area contributed by atoms with Crippen LogP contribution in [0.1, 0.15) is 24.9 Å². The van der Waals surface area contributed by atoms with E-state index in [0.717, 1.165) is 25.1 Å². The molecular weight excluding hydrogens is 222 g/mol. The monoisotopic (exact) mass is 242 g/mol. The van der Waals surface area contributed by atoms with Gasteiger partial charge in [-0.25, -0.2) is 8.78 Å². The molecule has 0 aliphatic rings. The fraction of sp³-hybridized carbons (Fsp3) is 0.538. The van der Waals surface area contributed by atoms with E-state index in [1.54, 1.807) is 6.07 Å². The van der Waals surface area contributed by atoms with E-state index in [2.05, 4.69) is 12.2 Å². The van der Waals surface area contributed by atoms with Crippen LogP contribution in [0.15, 0.2) is 18.2 Å². The van der Waals surface area contributed by atoms with Gasteiger partial charge >= 0.3 is 0 Å². The quantitative estimate of drug-likeness (QED) is 0.824. The van der Waals surface area contributed by atoms with E-state index >= 15 is 0 Å². The van der Waals surface area contributed by atoms with Crippen LogP contribution in [0.3, 0.4) is 0 Å². The van der Waals surface area contributed by atoms with Crippen molar-refractivity contribution in [1.29, 1.82) is 0 Å². The zero-order valence-corrected chi connectivity index (χ0v) is 10.6. The number of likely N-dealkylation sites (N-methyl/N-ethyl adjacent to an activating group) is 1. The highest BCUT2D eigenvalue weighted by Crippen LogP contribution is 2.17. The summed E-state index contributed by atoms with van der Waals surface area (Å²) in [5.74, 6) is -1.59. The first-order valence-corrected chi connectivity index (χ1v) is 5.87. The van der Waals surface area contributed by atoms with Gasteiger partial charge in [-0.15, -0.1) is 0 Å². The van der Waals surface area contributed by atoms with Gasteiger partial charge in [0.05, 0.1) is 0 Å². The molecule has 0 saturated carbocycles. The molecule has 0 heterocycles. The van der Waals surface area contributed by atoms with Crippen molar-refractivity contribution in [3.63, 3.8) is 0 Å². The van der Waals surface area contributed by atoms with Gasteiger partial charge in [0, 0.05) is 12.6 Å². The predicted molar refractivity (Wildman–Crippen MR) is 65.9 cm³/mol. The molecule has 1 aromatic rings. The Morgan fingerprint density at radius 1 is 1.24 bits per heavy atom. The zero-order valence-electron chi connectivity index (χ0n) is 10.6. The average Bonchev–Trinajstić information content (AvgIpc) is 2.27. The second-order valence-electron chi connectivity index (χ2n) is 4.44. The van der Waals surface area contributed by atoms with Crippen LogP contribution in [-0.2, 0) is 0 Å². The molecule has 0 radical (unpaired) electrons. The first-order chi connectivity index (χ1) is 8.04. The third-order valence-corrected chi connectivity index (χ3v) is 2.53. The highest BCUT2D eigenvalue weighted by Gasteiger charge is 2.13. The smallest absolute Gasteiger partial charge is 0.159 e. The van der Waals surface area contributed by atoms with E-state index in [1.165, 1.54) is 12.1 Å². The van der Waals surface area contributed by atoms with Crippen molar-refractivity contribution in [2.45, 2.75) is 19.4 Å². The zero-order chi connectivity index (χ0) is 12.8. The number of rotatable bonds is 6. The molecule has 96 valence electrons. The molecular formula is C13H20F2N2. The molecule has 0 aliphatic carbocycles. The summed E-state index contributed by atoms with van der Waals surface area (Å²) in [4.78, 5) is 2.02. The largest absolute Gasteiger partial charge is 0.309 e. The Hall–Kier alpha value is -1.00. The minimum absolute atomic E-state index is 0.0278. The van der Waals surface area contributed by atoms with E-state index in [4.69, 9.17) is 0 Å². The summed E-state index contributed by atoms with van der Waals surface area (Å²) in [6.45, 7) is 3.69. The van der Waals surface area contributed by atoms with E-state index in [-0.39, 0.29) is 6.04 Å². The molecule has 1 atom stereocenters. The highest BCUT2D eigenvalue weighted by atomic mass is 19.2. The lowest BCUT2D eigenvalue weighted by molar-refractivity contribution is 0.341. The summed E-state index contributed by atoms with van der Waals surface area (Å²) in [7, 11) is 3.92. The maximum Gasteiger partial charge on any atom is 0.159 e. The minimum atomic E-state index is -0.798. The average molecular weight is 242 g/mol. The summed E-state index contributed by atoms with van der Waals surface area (Å²) in [5, 5.41) is 3.33. The maximum atomic E-state index is 13.2. The van der Waals surface area contributed by atoms with E-state index < -0.39 is 11.6 Å². The molecule has 0 aromatic heterocycles. The Labute approximate surface area is 102 Å². The Morgan fingerprint density at radius 2 is 1.94 bits per heavy atom. The SMILES string of the molecule is CCCNC(CN(C)C)c1ccc(F)c(F)c1. The summed E-state index contributed by atoms with van der Waals surface area (Å²) in [6.07, 6.45) is 1.01. The molecule has 0 aliphatic heterocycles. The lowest BCUT2D eigenvalue weighted by Gasteiger charge is -2.22. The van der Waals surface area contributed by atoms with Crippen molar-refractivity contribution in [3.05, 3.63) is 35.4 Å². The Morgan fingerprint density at radius 3 is 2.47 bits per heavy atom. The molecule has 1 unspecified atom stereocenters. The van der Waals surface area contributed by atoms with Crippen LogP contribution in [-0.4, -0.2) is 32.1 Å². The summed E-state index contributed by atoms with van der Waals surface area (Å²) >= 11 is 0. The van der Waals surface area contributed by atoms with Gasteiger partial charge in [-0.05, 0) is 44.8 Å². The second-order valence-corrected chi connectivity index (χ2v) is 4.44. The number of nitrogens with zero attached hydrogens (tertiary/aromatic N) is 1. The molecule has 1 aromatic carbocycles. The molecule has 0 bridgehead atoms. The molecule has 1 rings (SSSR count). The number of hydrogen-bond donors (Lipinski definition) is 1. The van der Waals surface area contributed by atoms with Gasteiger partial charge in [0.15, 0.2) is 11.6 Å². The Kier molecular flexibility index (Phi) is 5.51. The van der Waals surface area contributed by atoms with Crippen molar-refractivity contribution in [1.82, 2.24) is 10.2 Å². The van der Waals surface area contributed by atoms with Crippen LogP contribution in [0.2, 0.25) is 0 Å². The summed E-state index contributed by atoms with van der Waals surface area (Å²) < 4.78 is 26.1. The number of halogens is 2. The standard InChI is InChI=1S/C13H20F2N2/c1-4-7-16-13(9-17(2)3)10-5-6-11(14)12(15)8-10/h5-6,8,13,16H,4,7,9H2,1-3H3. The first-order valence-electron chi connectivity index (χ1n) is 5.87. The van der Waals surface area contributed by atoms with Gasteiger partial charge in [0.2, 0.25) is 0 Å². The molecule has 4 heteroatoms. The predicted octanol–water partition coefficient (Wildman–Crippen LogP) is 2.57. The van der Waals surface area contributed by atoms with Crippen molar-refractivity contribution in [3.8, 4) is 0 Å². The van der Waals surface area contributed by atoms with Crippen LogP contribution in [0, 0.1) is 11.6 Å². The second kappa shape index (κ2) is 6.67. The lowest BCUT2D eigenvalue weighted by Crippen LogP contribution is -2.31. The molecule has 0 spiro atoms. The van der Waals surface area contributed by atoms with Gasteiger partial charge in [-0.3, -0.25) is 0 Å². The van der Waals surface area contributed by atoms with Crippen molar-refractivity contribution in [2.75, 3.05) is 27.2 Å². The van der Waals surface area contributed by atoms with Gasteiger partial charge in [-0.1, -0.05) is 13.0 Å². The van der Waals surface area contributed by atoms with Crippen molar-refractivity contribution < 1.29 is 8.78 Å². The lowest BCUT2D eigenvalue weighted by atomic mass is 10.1. The molecule has 0 amide bonds. The van der Waals surface area contributed by atoms with Gasteiger partial charge in [0.1, 0.15) is 0 Å². The van der Waals surface area contributed by atoms with Crippen molar-refractivity contribution >= 4 is 0 Å². The minimum Gasteiger partial charge on any atom is -0.309 e. The van der Waals surface area contributed by atoms with Gasteiger partial charge < -0.3 is 10.2 Å². The summed E-state index contributed by atoms with van der Waals surface area (Å²) in [5.41, 5.74) is 0.783. The van der Waals surface area contributed by atoms with Crippen LogP contribution >= 0.6 is 0 Å². The Bertz CT molecular complexity index is 353. The normalized spacial score (nSPS) is 13.1. The molecule has 2 nitrogen and oxygen atoms in total. The fourth-order valence-corrected chi connectivity index (χ4v) is 1.70. The third-order valence-electron chi connectivity index (χ3n) is 2.53. The van der Waals surface area contributed by atoms with Crippen LogP contribution in [0.25, 0.3) is 0 Å².